The Bertz CT molecular complexity index is 884. The van der Waals surface area contributed by atoms with Crippen LogP contribution < -0.4 is 10.1 Å². The summed E-state index contributed by atoms with van der Waals surface area (Å²) in [4.78, 5) is 35.7. The molecule has 7 nitrogen and oxygen atoms in total. The highest BCUT2D eigenvalue weighted by molar-refractivity contribution is 5.98. The van der Waals surface area contributed by atoms with Crippen LogP contribution in [-0.2, 0) is 14.3 Å². The van der Waals surface area contributed by atoms with E-state index in [1.54, 1.807) is 13.0 Å². The van der Waals surface area contributed by atoms with Crippen molar-refractivity contribution in [2.45, 2.75) is 13.5 Å². The zero-order valence-electron chi connectivity index (χ0n) is 15.0. The molecule has 2 aromatic carbocycles. The molecule has 0 aliphatic rings. The number of aryl methyl sites for hydroxylation is 1. The fourth-order valence-corrected chi connectivity index (χ4v) is 2.23. The quantitative estimate of drug-likeness (QED) is 0.727. The van der Waals surface area contributed by atoms with E-state index in [4.69, 9.17) is 4.74 Å². The van der Waals surface area contributed by atoms with Crippen LogP contribution in [-0.4, -0.2) is 38.2 Å². The zero-order chi connectivity index (χ0) is 20.7. The molecule has 0 radical (unpaired) electrons. The second kappa shape index (κ2) is 9.45. The van der Waals surface area contributed by atoms with E-state index in [2.05, 4.69) is 14.8 Å². The van der Waals surface area contributed by atoms with E-state index in [0.29, 0.717) is 11.3 Å². The lowest BCUT2D eigenvalue weighted by atomic mass is 10.1. The second-order valence-electron chi connectivity index (χ2n) is 5.52. The van der Waals surface area contributed by atoms with E-state index in [1.165, 1.54) is 43.5 Å². The first-order valence-corrected chi connectivity index (χ1v) is 8.01. The molecule has 0 saturated heterocycles. The molecule has 28 heavy (non-hydrogen) atoms. The van der Waals surface area contributed by atoms with Crippen LogP contribution >= 0.6 is 0 Å². The van der Waals surface area contributed by atoms with Crippen molar-refractivity contribution in [3.05, 3.63) is 59.2 Å². The lowest BCUT2D eigenvalue weighted by Crippen LogP contribution is -2.22. The average molecular weight is 393 g/mol. The Morgan fingerprint density at radius 2 is 1.79 bits per heavy atom. The predicted molar refractivity (Wildman–Crippen MR) is 94.5 cm³/mol. The summed E-state index contributed by atoms with van der Waals surface area (Å²) < 4.78 is 38.5. The number of halogens is 2. The van der Waals surface area contributed by atoms with Gasteiger partial charge in [0.15, 0.2) is 6.61 Å². The average Bonchev–Trinajstić information content (AvgIpc) is 2.67. The Morgan fingerprint density at radius 1 is 1.07 bits per heavy atom. The molecule has 0 unspecified atom stereocenters. The molecule has 1 N–H and O–H groups in total. The summed E-state index contributed by atoms with van der Waals surface area (Å²) in [6.07, 6.45) is 0. The van der Waals surface area contributed by atoms with Gasteiger partial charge in [-0.2, -0.15) is 8.78 Å². The van der Waals surface area contributed by atoms with Gasteiger partial charge in [-0.25, -0.2) is 9.59 Å². The van der Waals surface area contributed by atoms with Gasteiger partial charge in [-0.05, 0) is 36.8 Å². The summed E-state index contributed by atoms with van der Waals surface area (Å²) in [5.41, 5.74) is 1.01. The number of anilines is 1. The van der Waals surface area contributed by atoms with Crippen molar-refractivity contribution in [2.24, 2.45) is 0 Å². The summed E-state index contributed by atoms with van der Waals surface area (Å²) in [7, 11) is 1.23. The maximum absolute atomic E-state index is 12.4. The summed E-state index contributed by atoms with van der Waals surface area (Å²) >= 11 is 0. The maximum atomic E-state index is 12.4. The smallest absolute Gasteiger partial charge is 0.387 e. The van der Waals surface area contributed by atoms with Gasteiger partial charge in [0, 0.05) is 5.69 Å². The molecular weight excluding hydrogens is 376 g/mol. The third-order valence-electron chi connectivity index (χ3n) is 3.59. The Hall–Kier alpha value is -3.49. The van der Waals surface area contributed by atoms with Crippen LogP contribution in [0.25, 0.3) is 0 Å². The number of benzene rings is 2. The molecule has 0 spiro atoms. The number of carbonyl (C=O) groups is 3. The molecule has 0 aliphatic heterocycles. The number of rotatable bonds is 7. The molecule has 0 bridgehead atoms. The summed E-state index contributed by atoms with van der Waals surface area (Å²) in [6.45, 7) is -2.06. The number of hydrogen-bond donors (Lipinski definition) is 1. The fraction of sp³-hybridized carbons (Fsp3) is 0.211. The number of methoxy groups -OCH3 is 1. The molecule has 1 amide bonds. The first-order valence-electron chi connectivity index (χ1n) is 8.01. The van der Waals surface area contributed by atoms with Crippen LogP contribution in [0.15, 0.2) is 42.5 Å². The van der Waals surface area contributed by atoms with Crippen LogP contribution in [0.1, 0.15) is 26.3 Å². The summed E-state index contributed by atoms with van der Waals surface area (Å²) in [5, 5.41) is 2.51. The van der Waals surface area contributed by atoms with Crippen molar-refractivity contribution in [3.8, 4) is 5.75 Å². The first kappa shape index (κ1) is 20.8. The number of nitrogens with one attached hydrogen (secondary N) is 1. The van der Waals surface area contributed by atoms with Gasteiger partial charge in [0.1, 0.15) is 11.3 Å². The lowest BCUT2D eigenvalue weighted by molar-refractivity contribution is -0.119. The van der Waals surface area contributed by atoms with E-state index in [9.17, 15) is 23.2 Å². The highest BCUT2D eigenvalue weighted by Crippen LogP contribution is 2.21. The molecule has 0 heterocycles. The van der Waals surface area contributed by atoms with Crippen molar-refractivity contribution in [1.82, 2.24) is 0 Å². The van der Waals surface area contributed by atoms with Crippen LogP contribution in [0.5, 0.6) is 5.75 Å². The van der Waals surface area contributed by atoms with Crippen molar-refractivity contribution in [1.29, 1.82) is 0 Å². The van der Waals surface area contributed by atoms with Gasteiger partial charge >= 0.3 is 18.6 Å². The van der Waals surface area contributed by atoms with E-state index in [-0.39, 0.29) is 16.9 Å². The summed E-state index contributed by atoms with van der Waals surface area (Å²) in [5.74, 6) is -2.60. The molecule has 0 aliphatic carbocycles. The van der Waals surface area contributed by atoms with Gasteiger partial charge in [-0.15, -0.1) is 0 Å². The molecular formula is C19H17F2NO6. The molecule has 0 aromatic heterocycles. The number of amides is 1. The minimum atomic E-state index is -3.11. The number of esters is 2. The SMILES string of the molecule is COC(=O)c1ccc(C)c(NC(=O)COC(=O)c2ccccc2OC(F)F)c1. The van der Waals surface area contributed by atoms with Gasteiger partial charge in [-0.1, -0.05) is 18.2 Å². The zero-order valence-corrected chi connectivity index (χ0v) is 15.0. The minimum absolute atomic E-state index is 0.235. The number of para-hydroxylation sites is 1. The Kier molecular flexibility index (Phi) is 7.02. The van der Waals surface area contributed by atoms with E-state index < -0.39 is 31.1 Å². The van der Waals surface area contributed by atoms with Gasteiger partial charge in [0.05, 0.1) is 12.7 Å². The van der Waals surface area contributed by atoms with Crippen LogP contribution in [0.2, 0.25) is 0 Å². The molecule has 2 rings (SSSR count). The third-order valence-corrected chi connectivity index (χ3v) is 3.59. The molecule has 2 aromatic rings. The van der Waals surface area contributed by atoms with E-state index >= 15 is 0 Å². The van der Waals surface area contributed by atoms with Crippen LogP contribution in [0, 0.1) is 6.92 Å². The van der Waals surface area contributed by atoms with Crippen molar-refractivity contribution >= 4 is 23.5 Å². The molecule has 9 heteroatoms. The van der Waals surface area contributed by atoms with Gasteiger partial charge < -0.3 is 19.5 Å². The van der Waals surface area contributed by atoms with Crippen LogP contribution in [0.4, 0.5) is 14.5 Å². The monoisotopic (exact) mass is 393 g/mol. The topological polar surface area (TPSA) is 90.9 Å². The lowest BCUT2D eigenvalue weighted by Gasteiger charge is -2.12. The number of carbonyl (C=O) groups excluding carboxylic acids is 3. The Balaban J connectivity index is 2.02. The molecule has 0 fully saturated rings. The van der Waals surface area contributed by atoms with Gasteiger partial charge in [0.2, 0.25) is 0 Å². The number of ether oxygens (including phenoxy) is 3. The standard InChI is InChI=1S/C19H17F2NO6/c1-11-7-8-12(17(24)26-2)9-14(11)22-16(23)10-27-18(25)13-5-3-4-6-15(13)28-19(20)21/h3-9,19H,10H2,1-2H3,(H,22,23). The van der Waals surface area contributed by atoms with Crippen LogP contribution in [0.3, 0.4) is 0 Å². The molecule has 0 atom stereocenters. The third kappa shape index (κ3) is 5.50. The first-order chi connectivity index (χ1) is 13.3. The van der Waals surface area contributed by atoms with Crippen molar-refractivity contribution in [3.63, 3.8) is 0 Å². The maximum Gasteiger partial charge on any atom is 0.387 e. The van der Waals surface area contributed by atoms with Gasteiger partial charge in [-0.3, -0.25) is 4.79 Å². The minimum Gasteiger partial charge on any atom is -0.465 e. The largest absolute Gasteiger partial charge is 0.465 e. The highest BCUT2D eigenvalue weighted by Gasteiger charge is 2.18. The number of hydrogen-bond acceptors (Lipinski definition) is 6. The van der Waals surface area contributed by atoms with Crippen molar-refractivity contribution < 1.29 is 37.4 Å². The Labute approximate surface area is 159 Å². The number of alkyl halides is 2. The molecule has 0 saturated carbocycles. The Morgan fingerprint density at radius 3 is 2.46 bits per heavy atom. The normalized spacial score (nSPS) is 10.3. The van der Waals surface area contributed by atoms with E-state index in [0.717, 1.165) is 0 Å². The van der Waals surface area contributed by atoms with Crippen molar-refractivity contribution in [2.75, 3.05) is 19.0 Å². The highest BCUT2D eigenvalue weighted by atomic mass is 19.3. The fourth-order valence-electron chi connectivity index (χ4n) is 2.23. The molecule has 148 valence electrons. The summed E-state index contributed by atoms with van der Waals surface area (Å²) in [6, 6.07) is 9.86. The predicted octanol–water partition coefficient (Wildman–Crippen LogP) is 3.18. The second-order valence-corrected chi connectivity index (χ2v) is 5.52. The van der Waals surface area contributed by atoms with E-state index in [1.807, 2.05) is 0 Å². The van der Waals surface area contributed by atoms with Gasteiger partial charge in [0.25, 0.3) is 5.91 Å².